The molecule has 1 aromatic carbocycles. The summed E-state index contributed by atoms with van der Waals surface area (Å²) < 4.78 is 69.9. The van der Waals surface area contributed by atoms with E-state index in [0.717, 1.165) is 7.11 Å². The fourth-order valence-corrected chi connectivity index (χ4v) is 3.54. The SMILES string of the molecule is COC(=O)c1ccc(C(F)(F)F)cc1S(=O)(=O)N[C@@H](CC(C)C)C(=O)O. The maximum Gasteiger partial charge on any atom is 0.416 e. The minimum absolute atomic E-state index is 0.0961. The molecule has 0 fully saturated rings. The van der Waals surface area contributed by atoms with E-state index in [1.807, 2.05) is 4.72 Å². The summed E-state index contributed by atoms with van der Waals surface area (Å²) in [6.45, 7) is 3.29. The molecule has 0 radical (unpaired) electrons. The van der Waals surface area contributed by atoms with Gasteiger partial charge in [0.2, 0.25) is 10.0 Å². The number of carboxylic acids is 1. The Kier molecular flexibility index (Phi) is 6.77. The minimum atomic E-state index is -4.86. The van der Waals surface area contributed by atoms with Crippen LogP contribution < -0.4 is 4.72 Å². The van der Waals surface area contributed by atoms with Crippen LogP contribution in [0.15, 0.2) is 23.1 Å². The molecule has 146 valence electrons. The number of sulfonamides is 1. The largest absolute Gasteiger partial charge is 0.480 e. The number of aliphatic carboxylic acids is 1. The highest BCUT2D eigenvalue weighted by Crippen LogP contribution is 2.32. The third-order valence-electron chi connectivity index (χ3n) is 3.31. The average Bonchev–Trinajstić information content (AvgIpc) is 2.51. The standard InChI is InChI=1S/C15H18F3NO6S/c1-8(2)6-11(13(20)21)19-26(23,24)12-7-9(15(16,17)18)4-5-10(12)14(22)25-3/h4-5,7-8,11,19H,6H2,1-3H3,(H,20,21)/t11-/m0/s1. The van der Waals surface area contributed by atoms with E-state index in [2.05, 4.69) is 4.74 Å². The quantitative estimate of drug-likeness (QED) is 0.683. The van der Waals surface area contributed by atoms with Gasteiger partial charge in [-0.25, -0.2) is 13.2 Å². The second-order valence-electron chi connectivity index (χ2n) is 5.84. The smallest absolute Gasteiger partial charge is 0.416 e. The molecule has 0 spiro atoms. The average molecular weight is 397 g/mol. The van der Waals surface area contributed by atoms with Crippen molar-refractivity contribution in [2.45, 2.75) is 37.4 Å². The molecular formula is C15H18F3NO6S. The van der Waals surface area contributed by atoms with E-state index >= 15 is 0 Å². The molecule has 0 heterocycles. The van der Waals surface area contributed by atoms with Gasteiger partial charge < -0.3 is 9.84 Å². The van der Waals surface area contributed by atoms with Crippen molar-refractivity contribution in [3.05, 3.63) is 29.3 Å². The lowest BCUT2D eigenvalue weighted by Crippen LogP contribution is -2.42. The second kappa shape index (κ2) is 8.04. The number of carbonyl (C=O) groups is 2. The topological polar surface area (TPSA) is 110 Å². The highest BCUT2D eigenvalue weighted by atomic mass is 32.2. The van der Waals surface area contributed by atoms with E-state index in [-0.39, 0.29) is 18.4 Å². The summed E-state index contributed by atoms with van der Waals surface area (Å²) in [6.07, 6.45) is -4.95. The van der Waals surface area contributed by atoms with E-state index in [1.165, 1.54) is 0 Å². The van der Waals surface area contributed by atoms with E-state index < -0.39 is 50.2 Å². The van der Waals surface area contributed by atoms with Crippen LogP contribution in [-0.2, 0) is 25.7 Å². The zero-order valence-electron chi connectivity index (χ0n) is 14.1. The van der Waals surface area contributed by atoms with E-state index in [4.69, 9.17) is 5.11 Å². The van der Waals surface area contributed by atoms with E-state index in [0.29, 0.717) is 12.1 Å². The molecule has 1 rings (SSSR count). The Balaban J connectivity index is 3.48. The molecule has 0 aliphatic carbocycles. The molecule has 0 aliphatic rings. The lowest BCUT2D eigenvalue weighted by atomic mass is 10.1. The van der Waals surface area contributed by atoms with Crippen LogP contribution in [0.1, 0.15) is 36.2 Å². The van der Waals surface area contributed by atoms with Gasteiger partial charge >= 0.3 is 18.1 Å². The fourth-order valence-electron chi connectivity index (χ4n) is 2.12. The van der Waals surface area contributed by atoms with Crippen LogP contribution in [0.5, 0.6) is 0 Å². The Morgan fingerprint density at radius 2 is 1.85 bits per heavy atom. The Labute approximate surface area is 148 Å². The lowest BCUT2D eigenvalue weighted by molar-refractivity contribution is -0.139. The Morgan fingerprint density at radius 1 is 1.27 bits per heavy atom. The van der Waals surface area contributed by atoms with Crippen molar-refractivity contribution < 1.29 is 41.0 Å². The van der Waals surface area contributed by atoms with Gasteiger partial charge in [-0.3, -0.25) is 4.79 Å². The first-order valence-corrected chi connectivity index (χ1v) is 8.82. The van der Waals surface area contributed by atoms with Gasteiger partial charge in [0.05, 0.1) is 23.1 Å². The van der Waals surface area contributed by atoms with Crippen LogP contribution >= 0.6 is 0 Å². The number of carbonyl (C=O) groups excluding carboxylic acids is 1. The second-order valence-corrected chi connectivity index (χ2v) is 7.52. The van der Waals surface area contributed by atoms with Crippen molar-refractivity contribution in [3.8, 4) is 0 Å². The summed E-state index contributed by atoms with van der Waals surface area (Å²) in [6, 6.07) is -0.0988. The fraction of sp³-hybridized carbons (Fsp3) is 0.467. The number of alkyl halides is 3. The Bertz CT molecular complexity index is 789. The molecule has 0 amide bonds. The monoisotopic (exact) mass is 397 g/mol. The summed E-state index contributed by atoms with van der Waals surface area (Å²) in [4.78, 5) is 22.0. The van der Waals surface area contributed by atoms with Gasteiger partial charge in [0, 0.05) is 0 Å². The number of carboxylic acid groups (broad SMARTS) is 1. The molecule has 0 aliphatic heterocycles. The molecule has 0 unspecified atom stereocenters. The van der Waals surface area contributed by atoms with E-state index in [9.17, 15) is 31.2 Å². The van der Waals surface area contributed by atoms with Crippen molar-refractivity contribution in [1.29, 1.82) is 0 Å². The molecule has 1 atom stereocenters. The van der Waals surface area contributed by atoms with Gasteiger partial charge in [0.1, 0.15) is 6.04 Å². The van der Waals surface area contributed by atoms with Gasteiger partial charge in [-0.2, -0.15) is 17.9 Å². The highest BCUT2D eigenvalue weighted by Gasteiger charge is 2.35. The van der Waals surface area contributed by atoms with Crippen molar-refractivity contribution in [2.75, 3.05) is 7.11 Å². The van der Waals surface area contributed by atoms with Crippen molar-refractivity contribution in [1.82, 2.24) is 4.72 Å². The number of halogens is 3. The molecule has 7 nitrogen and oxygen atoms in total. The molecule has 0 saturated carbocycles. The summed E-state index contributed by atoms with van der Waals surface area (Å²) in [5, 5.41) is 9.14. The number of ether oxygens (including phenoxy) is 1. The predicted octanol–water partition coefficient (Wildman–Crippen LogP) is 2.27. The summed E-state index contributed by atoms with van der Waals surface area (Å²) in [5.74, 6) is -2.87. The van der Waals surface area contributed by atoms with Gasteiger partial charge in [-0.05, 0) is 30.5 Å². The zero-order valence-corrected chi connectivity index (χ0v) is 14.9. The van der Waals surface area contributed by atoms with Crippen molar-refractivity contribution in [3.63, 3.8) is 0 Å². The first-order valence-electron chi connectivity index (χ1n) is 7.34. The van der Waals surface area contributed by atoms with E-state index in [1.54, 1.807) is 13.8 Å². The minimum Gasteiger partial charge on any atom is -0.480 e. The van der Waals surface area contributed by atoms with Crippen LogP contribution in [0.2, 0.25) is 0 Å². The van der Waals surface area contributed by atoms with Gasteiger partial charge in [-0.1, -0.05) is 13.8 Å². The molecule has 0 bridgehead atoms. The van der Waals surface area contributed by atoms with Crippen LogP contribution in [-0.4, -0.2) is 38.6 Å². The van der Waals surface area contributed by atoms with Crippen LogP contribution in [0.25, 0.3) is 0 Å². The summed E-state index contributed by atoms with van der Waals surface area (Å²) in [7, 11) is -3.82. The normalized spacial score (nSPS) is 13.5. The predicted molar refractivity (Wildman–Crippen MR) is 84.0 cm³/mol. The first-order chi connectivity index (χ1) is 11.8. The Hall–Kier alpha value is -2.14. The molecule has 26 heavy (non-hydrogen) atoms. The maximum absolute atomic E-state index is 12.9. The van der Waals surface area contributed by atoms with Crippen LogP contribution in [0.4, 0.5) is 13.2 Å². The number of hydrogen-bond donors (Lipinski definition) is 2. The summed E-state index contributed by atoms with van der Waals surface area (Å²) >= 11 is 0. The summed E-state index contributed by atoms with van der Waals surface area (Å²) in [5.41, 5.74) is -1.94. The lowest BCUT2D eigenvalue weighted by Gasteiger charge is -2.18. The van der Waals surface area contributed by atoms with Gasteiger partial charge in [0.15, 0.2) is 0 Å². The molecule has 0 saturated heterocycles. The molecule has 11 heteroatoms. The van der Waals surface area contributed by atoms with Crippen molar-refractivity contribution >= 4 is 22.0 Å². The number of hydrogen-bond acceptors (Lipinski definition) is 5. The molecule has 1 aromatic rings. The highest BCUT2D eigenvalue weighted by molar-refractivity contribution is 7.89. The number of rotatable bonds is 7. The maximum atomic E-state index is 12.9. The Morgan fingerprint density at radius 3 is 2.27 bits per heavy atom. The third kappa shape index (κ3) is 5.43. The zero-order chi connectivity index (χ0) is 20.3. The number of benzene rings is 1. The molecular weight excluding hydrogens is 379 g/mol. The van der Waals surface area contributed by atoms with Crippen molar-refractivity contribution in [2.24, 2.45) is 5.92 Å². The third-order valence-corrected chi connectivity index (χ3v) is 4.82. The van der Waals surface area contributed by atoms with Crippen LogP contribution in [0, 0.1) is 5.92 Å². The first kappa shape index (κ1) is 21.9. The number of methoxy groups -OCH3 is 1. The molecule has 2 N–H and O–H groups in total. The van der Waals surface area contributed by atoms with Gasteiger partial charge in [-0.15, -0.1) is 0 Å². The van der Waals surface area contributed by atoms with Crippen LogP contribution in [0.3, 0.4) is 0 Å². The number of nitrogens with one attached hydrogen (secondary N) is 1. The van der Waals surface area contributed by atoms with Gasteiger partial charge in [0.25, 0.3) is 0 Å². The number of esters is 1. The molecule has 0 aromatic heterocycles.